The third-order valence-electron chi connectivity index (χ3n) is 1.83. The van der Waals surface area contributed by atoms with E-state index in [1.165, 1.54) is 0 Å². The molecule has 8 heteroatoms. The minimum atomic E-state index is -4.39. The van der Waals surface area contributed by atoms with Crippen molar-refractivity contribution in [2.24, 2.45) is 5.73 Å². The second-order valence-corrected chi connectivity index (χ2v) is 4.20. The van der Waals surface area contributed by atoms with Crippen molar-refractivity contribution in [2.45, 2.75) is 16.4 Å². The summed E-state index contributed by atoms with van der Waals surface area (Å²) >= 11 is -0.297. The van der Waals surface area contributed by atoms with Gasteiger partial charge in [-0.2, -0.15) is 13.2 Å². The highest BCUT2D eigenvalue weighted by Gasteiger charge is 2.29. The van der Waals surface area contributed by atoms with Gasteiger partial charge in [0.15, 0.2) is 0 Å². The number of phenols is 1. The first-order valence-electron chi connectivity index (χ1n) is 4.28. The summed E-state index contributed by atoms with van der Waals surface area (Å²) in [5.41, 5.74) is 1.13. The fraction of sp³-hybridized carbons (Fsp3) is 0.333. The van der Waals surface area contributed by atoms with Crippen LogP contribution >= 0.6 is 24.2 Å². The Morgan fingerprint density at radius 2 is 1.94 bits per heavy atom. The molecule has 1 aromatic carbocycles. The first kappa shape index (κ1) is 16.4. The number of aliphatic hydroxyl groups excluding tert-OH is 1. The maximum absolute atomic E-state index is 12.1. The summed E-state index contributed by atoms with van der Waals surface area (Å²) in [6.45, 7) is -0.451. The van der Waals surface area contributed by atoms with Gasteiger partial charge in [0.25, 0.3) is 0 Å². The molecule has 3 nitrogen and oxygen atoms in total. The van der Waals surface area contributed by atoms with Crippen LogP contribution < -0.4 is 5.73 Å². The highest BCUT2D eigenvalue weighted by atomic mass is 35.5. The SMILES string of the molecule is Cl.N[C@@H](CO)c1cc(SC(F)(F)F)ccc1O. The molecule has 0 radical (unpaired) electrons. The van der Waals surface area contributed by atoms with Crippen molar-refractivity contribution in [1.29, 1.82) is 0 Å². The number of phenolic OH excluding ortho intramolecular Hbond substituents is 1. The number of hydrogen-bond acceptors (Lipinski definition) is 4. The second kappa shape index (κ2) is 6.34. The zero-order valence-electron chi connectivity index (χ0n) is 8.44. The van der Waals surface area contributed by atoms with Crippen LogP contribution in [0.4, 0.5) is 13.2 Å². The van der Waals surface area contributed by atoms with Crippen LogP contribution in [0.2, 0.25) is 0 Å². The standard InChI is InChI=1S/C9H10F3NO2S.ClH/c10-9(11,12)16-5-1-2-8(15)6(3-5)7(13)4-14;/h1-3,7,14-15H,4,13H2;1H/t7-;/m0./s1. The van der Waals surface area contributed by atoms with E-state index in [0.717, 1.165) is 18.2 Å². The van der Waals surface area contributed by atoms with E-state index in [1.54, 1.807) is 0 Å². The molecular formula is C9H11ClF3NO2S. The number of hydrogen-bond donors (Lipinski definition) is 3. The predicted molar refractivity (Wildman–Crippen MR) is 61.3 cm³/mol. The third kappa shape index (κ3) is 5.03. The van der Waals surface area contributed by atoms with Crippen LogP contribution in [-0.4, -0.2) is 22.3 Å². The molecule has 0 unspecified atom stereocenters. The zero-order valence-corrected chi connectivity index (χ0v) is 10.1. The molecular weight excluding hydrogens is 279 g/mol. The lowest BCUT2D eigenvalue weighted by atomic mass is 10.1. The van der Waals surface area contributed by atoms with Gasteiger partial charge in [0.05, 0.1) is 12.6 Å². The molecule has 1 rings (SSSR count). The molecule has 0 aliphatic carbocycles. The first-order valence-corrected chi connectivity index (χ1v) is 5.10. The quantitative estimate of drug-likeness (QED) is 0.748. The molecule has 1 aromatic rings. The summed E-state index contributed by atoms with van der Waals surface area (Å²) in [6.07, 6.45) is 0. The predicted octanol–water partition coefficient (Wildman–Crippen LogP) is 2.42. The number of thioether (sulfide) groups is 1. The Morgan fingerprint density at radius 3 is 2.41 bits per heavy atom. The number of nitrogens with two attached hydrogens (primary N) is 1. The van der Waals surface area contributed by atoms with Gasteiger partial charge in [0.1, 0.15) is 5.75 Å². The average molecular weight is 290 g/mol. The lowest BCUT2D eigenvalue weighted by Gasteiger charge is -2.13. The normalized spacial score (nSPS) is 13.0. The maximum Gasteiger partial charge on any atom is 0.446 e. The van der Waals surface area contributed by atoms with Crippen molar-refractivity contribution in [3.8, 4) is 5.75 Å². The maximum atomic E-state index is 12.1. The summed E-state index contributed by atoms with van der Waals surface area (Å²) in [7, 11) is 0. The Morgan fingerprint density at radius 1 is 1.35 bits per heavy atom. The Balaban J connectivity index is 0.00000256. The molecule has 0 aromatic heterocycles. The van der Waals surface area contributed by atoms with Crippen LogP contribution in [0.15, 0.2) is 23.1 Å². The van der Waals surface area contributed by atoms with Crippen molar-refractivity contribution < 1.29 is 23.4 Å². The Kier molecular flexibility index (Phi) is 6.11. The number of rotatable bonds is 3. The van der Waals surface area contributed by atoms with Gasteiger partial charge in [-0.3, -0.25) is 0 Å². The fourth-order valence-corrected chi connectivity index (χ4v) is 1.71. The molecule has 0 heterocycles. The number of alkyl halides is 3. The topological polar surface area (TPSA) is 66.5 Å². The van der Waals surface area contributed by atoms with E-state index in [-0.39, 0.29) is 40.4 Å². The molecule has 0 amide bonds. The number of aromatic hydroxyl groups is 1. The molecule has 98 valence electrons. The monoisotopic (exact) mass is 289 g/mol. The van der Waals surface area contributed by atoms with Gasteiger partial charge < -0.3 is 15.9 Å². The summed E-state index contributed by atoms with van der Waals surface area (Å²) in [5.74, 6) is -0.229. The van der Waals surface area contributed by atoms with Gasteiger partial charge in [0, 0.05) is 10.5 Å². The molecule has 1 atom stereocenters. The lowest BCUT2D eigenvalue weighted by molar-refractivity contribution is -0.0328. The van der Waals surface area contributed by atoms with Crippen molar-refractivity contribution in [3.63, 3.8) is 0 Å². The highest BCUT2D eigenvalue weighted by molar-refractivity contribution is 8.00. The van der Waals surface area contributed by atoms with Crippen molar-refractivity contribution in [2.75, 3.05) is 6.61 Å². The molecule has 0 saturated carbocycles. The van der Waals surface area contributed by atoms with Gasteiger partial charge in [-0.15, -0.1) is 12.4 Å². The molecule has 0 aliphatic rings. The number of halogens is 4. The molecule has 0 fully saturated rings. The largest absolute Gasteiger partial charge is 0.508 e. The Labute approximate surface area is 106 Å². The van der Waals surface area contributed by atoms with E-state index >= 15 is 0 Å². The van der Waals surface area contributed by atoms with Gasteiger partial charge in [-0.25, -0.2) is 0 Å². The molecule has 0 bridgehead atoms. The van der Waals surface area contributed by atoms with Crippen LogP contribution in [0.5, 0.6) is 5.75 Å². The lowest BCUT2D eigenvalue weighted by Crippen LogP contribution is -2.14. The summed E-state index contributed by atoms with van der Waals surface area (Å²) in [6, 6.07) is 2.49. The Bertz CT molecular complexity index is 376. The van der Waals surface area contributed by atoms with Crippen molar-refractivity contribution in [3.05, 3.63) is 23.8 Å². The molecule has 0 aliphatic heterocycles. The van der Waals surface area contributed by atoms with Crippen LogP contribution in [0.1, 0.15) is 11.6 Å². The van der Waals surface area contributed by atoms with Crippen LogP contribution in [0, 0.1) is 0 Å². The van der Waals surface area contributed by atoms with E-state index < -0.39 is 18.2 Å². The minimum Gasteiger partial charge on any atom is -0.508 e. The van der Waals surface area contributed by atoms with Crippen molar-refractivity contribution >= 4 is 24.2 Å². The van der Waals surface area contributed by atoms with E-state index in [9.17, 15) is 18.3 Å². The van der Waals surface area contributed by atoms with Crippen LogP contribution in [0.25, 0.3) is 0 Å². The van der Waals surface area contributed by atoms with Gasteiger partial charge in [-0.1, -0.05) is 0 Å². The Hall–Kier alpha value is -0.630. The summed E-state index contributed by atoms with van der Waals surface area (Å²) in [4.78, 5) is -0.0794. The molecule has 0 saturated heterocycles. The molecule has 4 N–H and O–H groups in total. The minimum absolute atomic E-state index is 0. The van der Waals surface area contributed by atoms with Gasteiger partial charge in [-0.05, 0) is 30.0 Å². The summed E-state index contributed by atoms with van der Waals surface area (Å²) in [5, 5.41) is 18.1. The zero-order chi connectivity index (χ0) is 12.3. The van der Waals surface area contributed by atoms with E-state index in [0.29, 0.717) is 0 Å². The number of aliphatic hydroxyl groups is 1. The fourth-order valence-electron chi connectivity index (χ4n) is 1.13. The van der Waals surface area contributed by atoms with E-state index in [2.05, 4.69) is 0 Å². The van der Waals surface area contributed by atoms with E-state index in [4.69, 9.17) is 10.8 Å². The first-order chi connectivity index (χ1) is 7.33. The molecule has 0 spiro atoms. The van der Waals surface area contributed by atoms with Crippen molar-refractivity contribution in [1.82, 2.24) is 0 Å². The van der Waals surface area contributed by atoms with Gasteiger partial charge in [0.2, 0.25) is 0 Å². The van der Waals surface area contributed by atoms with E-state index in [1.807, 2.05) is 0 Å². The number of benzene rings is 1. The van der Waals surface area contributed by atoms with Crippen LogP contribution in [0.3, 0.4) is 0 Å². The smallest absolute Gasteiger partial charge is 0.446 e. The average Bonchev–Trinajstić information content (AvgIpc) is 2.18. The van der Waals surface area contributed by atoms with Gasteiger partial charge >= 0.3 is 5.51 Å². The molecule has 17 heavy (non-hydrogen) atoms. The highest BCUT2D eigenvalue weighted by Crippen LogP contribution is 2.38. The summed E-state index contributed by atoms with van der Waals surface area (Å²) < 4.78 is 36.2. The third-order valence-corrected chi connectivity index (χ3v) is 2.55. The second-order valence-electron chi connectivity index (χ2n) is 3.06. The van der Waals surface area contributed by atoms with Crippen LogP contribution in [-0.2, 0) is 0 Å².